The third kappa shape index (κ3) is 6.29. The molecule has 0 spiro atoms. The van der Waals surface area contributed by atoms with Gasteiger partial charge in [-0.2, -0.15) is 0 Å². The number of ether oxygens (including phenoxy) is 2. The highest BCUT2D eigenvalue weighted by Gasteiger charge is 2.07. The highest BCUT2D eigenvalue weighted by atomic mass is 35.5. The Bertz CT molecular complexity index is 780. The Kier molecular flexibility index (Phi) is 7.29. The first-order valence-electron chi connectivity index (χ1n) is 8.11. The lowest BCUT2D eigenvalue weighted by Crippen LogP contribution is -2.44. The van der Waals surface area contributed by atoms with Crippen molar-refractivity contribution in [1.82, 2.24) is 10.9 Å². The zero-order valence-electron chi connectivity index (χ0n) is 14.7. The average molecular weight is 377 g/mol. The van der Waals surface area contributed by atoms with Crippen LogP contribution in [0.4, 0.5) is 0 Å². The second kappa shape index (κ2) is 9.68. The van der Waals surface area contributed by atoms with Crippen molar-refractivity contribution in [3.05, 3.63) is 58.6 Å². The van der Waals surface area contributed by atoms with Crippen molar-refractivity contribution < 1.29 is 19.1 Å². The van der Waals surface area contributed by atoms with Crippen molar-refractivity contribution in [2.24, 2.45) is 0 Å². The van der Waals surface area contributed by atoms with Crippen molar-refractivity contribution in [2.45, 2.75) is 20.3 Å². The Labute approximate surface area is 157 Å². The van der Waals surface area contributed by atoms with E-state index in [1.54, 1.807) is 18.2 Å². The Balaban J connectivity index is 1.64. The van der Waals surface area contributed by atoms with Crippen LogP contribution in [-0.4, -0.2) is 25.0 Å². The number of hydrogen-bond donors (Lipinski definition) is 2. The third-order valence-corrected chi connectivity index (χ3v) is 3.95. The van der Waals surface area contributed by atoms with Crippen LogP contribution in [-0.2, 0) is 9.59 Å². The van der Waals surface area contributed by atoms with Crippen molar-refractivity contribution >= 4 is 23.4 Å². The smallest absolute Gasteiger partial charge is 0.276 e. The number of nitrogens with one attached hydrogen (secondary N) is 2. The standard InChI is InChI=1S/C19H21ClN2O4/c1-13-5-3-4-6-17(13)25-10-9-18(23)21-22-19(24)12-26-15-7-8-16(20)14(2)11-15/h3-8,11H,9-10,12H2,1-2H3,(H,21,23)(H,22,24). The molecule has 7 heteroatoms. The minimum Gasteiger partial charge on any atom is -0.493 e. The number of para-hydroxylation sites is 1. The lowest BCUT2D eigenvalue weighted by Gasteiger charge is -2.11. The van der Waals surface area contributed by atoms with Gasteiger partial charge in [0.15, 0.2) is 6.61 Å². The fourth-order valence-electron chi connectivity index (χ4n) is 2.07. The van der Waals surface area contributed by atoms with Gasteiger partial charge in [-0.1, -0.05) is 29.8 Å². The fourth-order valence-corrected chi connectivity index (χ4v) is 2.18. The topological polar surface area (TPSA) is 76.7 Å². The third-order valence-electron chi connectivity index (χ3n) is 3.52. The molecule has 2 rings (SSSR count). The zero-order chi connectivity index (χ0) is 18.9. The molecule has 0 aromatic heterocycles. The van der Waals surface area contributed by atoms with Crippen LogP contribution in [0.3, 0.4) is 0 Å². The van der Waals surface area contributed by atoms with Crippen LogP contribution in [0.25, 0.3) is 0 Å². The largest absolute Gasteiger partial charge is 0.493 e. The summed E-state index contributed by atoms with van der Waals surface area (Å²) >= 11 is 5.92. The molecular weight excluding hydrogens is 356 g/mol. The number of carbonyl (C=O) groups excluding carboxylic acids is 2. The summed E-state index contributed by atoms with van der Waals surface area (Å²) < 4.78 is 10.9. The predicted octanol–water partition coefficient (Wildman–Crippen LogP) is 2.95. The van der Waals surface area contributed by atoms with Gasteiger partial charge in [-0.15, -0.1) is 0 Å². The molecule has 0 aliphatic heterocycles. The molecule has 0 atom stereocenters. The van der Waals surface area contributed by atoms with E-state index in [-0.39, 0.29) is 25.5 Å². The van der Waals surface area contributed by atoms with E-state index in [1.807, 2.05) is 38.1 Å². The van der Waals surface area contributed by atoms with Gasteiger partial charge in [0.25, 0.3) is 5.91 Å². The molecular formula is C19H21ClN2O4. The molecule has 0 unspecified atom stereocenters. The van der Waals surface area contributed by atoms with Gasteiger partial charge < -0.3 is 9.47 Å². The summed E-state index contributed by atoms with van der Waals surface area (Å²) in [6, 6.07) is 12.6. The van der Waals surface area contributed by atoms with Crippen molar-refractivity contribution in [1.29, 1.82) is 0 Å². The van der Waals surface area contributed by atoms with Gasteiger partial charge in [0.2, 0.25) is 5.91 Å². The Morgan fingerprint density at radius 2 is 1.69 bits per heavy atom. The van der Waals surface area contributed by atoms with E-state index in [0.717, 1.165) is 16.9 Å². The molecule has 2 aromatic carbocycles. The SMILES string of the molecule is Cc1cc(OCC(=O)NNC(=O)CCOc2ccccc2C)ccc1Cl. The number of hydrazine groups is 1. The van der Waals surface area contributed by atoms with Gasteiger partial charge in [0.05, 0.1) is 13.0 Å². The first-order valence-corrected chi connectivity index (χ1v) is 8.48. The van der Waals surface area contributed by atoms with Crippen LogP contribution in [0, 0.1) is 13.8 Å². The molecule has 0 saturated heterocycles. The van der Waals surface area contributed by atoms with E-state index < -0.39 is 5.91 Å². The molecule has 0 aliphatic rings. The normalized spacial score (nSPS) is 10.1. The Morgan fingerprint density at radius 1 is 0.962 bits per heavy atom. The Hall–Kier alpha value is -2.73. The molecule has 2 amide bonds. The minimum absolute atomic E-state index is 0.117. The highest BCUT2D eigenvalue weighted by molar-refractivity contribution is 6.31. The molecule has 138 valence electrons. The molecule has 26 heavy (non-hydrogen) atoms. The monoisotopic (exact) mass is 376 g/mol. The highest BCUT2D eigenvalue weighted by Crippen LogP contribution is 2.20. The minimum atomic E-state index is -0.467. The molecule has 0 saturated carbocycles. The van der Waals surface area contributed by atoms with Crippen LogP contribution in [0.15, 0.2) is 42.5 Å². The first-order chi connectivity index (χ1) is 12.5. The van der Waals surface area contributed by atoms with E-state index in [9.17, 15) is 9.59 Å². The molecule has 0 fully saturated rings. The van der Waals surface area contributed by atoms with Gasteiger partial charge in [-0.05, 0) is 49.2 Å². The van der Waals surface area contributed by atoms with E-state index in [0.29, 0.717) is 10.8 Å². The van der Waals surface area contributed by atoms with Crippen LogP contribution in [0.5, 0.6) is 11.5 Å². The van der Waals surface area contributed by atoms with Crippen LogP contribution in [0.2, 0.25) is 5.02 Å². The van der Waals surface area contributed by atoms with E-state index in [4.69, 9.17) is 21.1 Å². The van der Waals surface area contributed by atoms with Gasteiger partial charge in [-0.25, -0.2) is 0 Å². The molecule has 2 N–H and O–H groups in total. The predicted molar refractivity (Wildman–Crippen MR) is 99.3 cm³/mol. The average Bonchev–Trinajstić information content (AvgIpc) is 2.62. The van der Waals surface area contributed by atoms with Crippen molar-refractivity contribution in [2.75, 3.05) is 13.2 Å². The van der Waals surface area contributed by atoms with Crippen LogP contribution >= 0.6 is 11.6 Å². The van der Waals surface area contributed by atoms with Gasteiger partial charge in [0, 0.05) is 5.02 Å². The molecule has 6 nitrogen and oxygen atoms in total. The number of halogens is 1. The first kappa shape index (κ1) is 19.6. The maximum Gasteiger partial charge on any atom is 0.276 e. The molecule has 2 aromatic rings. The van der Waals surface area contributed by atoms with Crippen LogP contribution in [0.1, 0.15) is 17.5 Å². The van der Waals surface area contributed by atoms with E-state index >= 15 is 0 Å². The molecule has 0 heterocycles. The summed E-state index contributed by atoms with van der Waals surface area (Å²) in [5.41, 5.74) is 6.46. The summed E-state index contributed by atoms with van der Waals surface area (Å²) in [6.45, 7) is 3.76. The number of aryl methyl sites for hydroxylation is 2. The van der Waals surface area contributed by atoms with Gasteiger partial charge >= 0.3 is 0 Å². The summed E-state index contributed by atoms with van der Waals surface area (Å²) in [6.07, 6.45) is 0.117. The summed E-state index contributed by atoms with van der Waals surface area (Å²) in [5.74, 6) is 0.441. The summed E-state index contributed by atoms with van der Waals surface area (Å²) in [7, 11) is 0. The molecule has 0 radical (unpaired) electrons. The van der Waals surface area contributed by atoms with Crippen molar-refractivity contribution in [3.8, 4) is 11.5 Å². The van der Waals surface area contributed by atoms with Gasteiger partial charge in [-0.3, -0.25) is 20.4 Å². The Morgan fingerprint density at radius 3 is 2.42 bits per heavy atom. The van der Waals surface area contributed by atoms with Crippen molar-refractivity contribution in [3.63, 3.8) is 0 Å². The maximum absolute atomic E-state index is 11.7. The molecule has 0 bridgehead atoms. The van der Waals surface area contributed by atoms with Gasteiger partial charge in [0.1, 0.15) is 11.5 Å². The van der Waals surface area contributed by atoms with E-state index in [1.165, 1.54) is 0 Å². The number of rotatable bonds is 7. The lowest BCUT2D eigenvalue weighted by molar-refractivity contribution is -0.130. The maximum atomic E-state index is 11.7. The number of amides is 2. The lowest BCUT2D eigenvalue weighted by atomic mass is 10.2. The quantitative estimate of drug-likeness (QED) is 0.728. The number of benzene rings is 2. The number of carbonyl (C=O) groups is 2. The van der Waals surface area contributed by atoms with E-state index in [2.05, 4.69) is 10.9 Å². The summed E-state index contributed by atoms with van der Waals surface area (Å²) in [4.78, 5) is 23.4. The van der Waals surface area contributed by atoms with Crippen LogP contribution < -0.4 is 20.3 Å². The second-order valence-electron chi connectivity index (χ2n) is 5.66. The number of hydrogen-bond acceptors (Lipinski definition) is 4. The second-order valence-corrected chi connectivity index (χ2v) is 6.07. The molecule has 0 aliphatic carbocycles. The summed E-state index contributed by atoms with van der Waals surface area (Å²) in [5, 5.41) is 0.627. The zero-order valence-corrected chi connectivity index (χ0v) is 15.4. The fraction of sp³-hybridized carbons (Fsp3) is 0.263.